The molecule has 0 bridgehead atoms. The molecule has 1 fully saturated rings. The van der Waals surface area contributed by atoms with Crippen molar-refractivity contribution in [1.29, 1.82) is 0 Å². The monoisotopic (exact) mass is 227 g/mol. The smallest absolute Gasteiger partial charge is 0.0235 e. The number of likely N-dealkylation sites (N-methyl/N-ethyl adjacent to an activating group) is 1. The summed E-state index contributed by atoms with van der Waals surface area (Å²) in [5.41, 5.74) is 5.68. The number of hydrogen-bond donors (Lipinski definition) is 1. The molecule has 0 aromatic heterocycles. The van der Waals surface area contributed by atoms with Crippen molar-refractivity contribution in [3.05, 3.63) is 0 Å². The van der Waals surface area contributed by atoms with Gasteiger partial charge < -0.3 is 5.73 Å². The van der Waals surface area contributed by atoms with E-state index in [4.69, 9.17) is 5.73 Å². The third-order valence-electron chi connectivity index (χ3n) is 4.01. The molecule has 1 rings (SSSR count). The molecule has 0 radical (unpaired) electrons. The van der Waals surface area contributed by atoms with Crippen molar-refractivity contribution in [1.82, 2.24) is 9.80 Å². The molecule has 0 saturated carbocycles. The zero-order valence-electron chi connectivity index (χ0n) is 11.3. The molecule has 3 heteroatoms. The SMILES string of the molecule is CCC(CCN)N1CCC(N(CC)CC)C1. The number of likely N-dealkylation sites (tertiary alicyclic amines) is 1. The Morgan fingerprint density at radius 2 is 2.00 bits per heavy atom. The van der Waals surface area contributed by atoms with Crippen molar-refractivity contribution < 1.29 is 0 Å². The third-order valence-corrected chi connectivity index (χ3v) is 4.01. The van der Waals surface area contributed by atoms with Gasteiger partial charge in [-0.05, 0) is 38.9 Å². The lowest BCUT2D eigenvalue weighted by atomic mass is 10.1. The first-order chi connectivity index (χ1) is 7.76. The van der Waals surface area contributed by atoms with E-state index >= 15 is 0 Å². The quantitative estimate of drug-likeness (QED) is 0.716. The van der Waals surface area contributed by atoms with Crippen LogP contribution in [0.2, 0.25) is 0 Å². The van der Waals surface area contributed by atoms with Gasteiger partial charge >= 0.3 is 0 Å². The second-order valence-corrected chi connectivity index (χ2v) is 4.80. The van der Waals surface area contributed by atoms with E-state index < -0.39 is 0 Å². The van der Waals surface area contributed by atoms with Gasteiger partial charge in [-0.2, -0.15) is 0 Å². The molecule has 1 aliphatic heterocycles. The van der Waals surface area contributed by atoms with Gasteiger partial charge in [0.2, 0.25) is 0 Å². The summed E-state index contributed by atoms with van der Waals surface area (Å²) >= 11 is 0. The maximum atomic E-state index is 5.68. The fraction of sp³-hybridized carbons (Fsp3) is 1.00. The second kappa shape index (κ2) is 7.25. The fourth-order valence-electron chi connectivity index (χ4n) is 2.98. The van der Waals surface area contributed by atoms with Gasteiger partial charge in [-0.15, -0.1) is 0 Å². The molecule has 2 unspecified atom stereocenters. The van der Waals surface area contributed by atoms with Crippen molar-refractivity contribution in [3.63, 3.8) is 0 Å². The Morgan fingerprint density at radius 1 is 1.31 bits per heavy atom. The molecule has 2 N–H and O–H groups in total. The maximum Gasteiger partial charge on any atom is 0.0235 e. The first kappa shape index (κ1) is 13.9. The van der Waals surface area contributed by atoms with E-state index in [0.29, 0.717) is 6.04 Å². The molecule has 16 heavy (non-hydrogen) atoms. The van der Waals surface area contributed by atoms with E-state index in [-0.39, 0.29) is 0 Å². The molecular weight excluding hydrogens is 198 g/mol. The average molecular weight is 227 g/mol. The summed E-state index contributed by atoms with van der Waals surface area (Å²) in [6.45, 7) is 12.5. The molecule has 0 spiro atoms. The van der Waals surface area contributed by atoms with Crippen LogP contribution in [0.25, 0.3) is 0 Å². The summed E-state index contributed by atoms with van der Waals surface area (Å²) < 4.78 is 0. The summed E-state index contributed by atoms with van der Waals surface area (Å²) in [4.78, 5) is 5.24. The van der Waals surface area contributed by atoms with Gasteiger partial charge in [0.25, 0.3) is 0 Å². The van der Waals surface area contributed by atoms with Crippen LogP contribution in [0.3, 0.4) is 0 Å². The standard InChI is InChI=1S/C13H29N3/c1-4-12(7-9-14)16-10-8-13(11-16)15(5-2)6-3/h12-13H,4-11,14H2,1-3H3. The normalized spacial score (nSPS) is 24.2. The fourth-order valence-corrected chi connectivity index (χ4v) is 2.98. The number of hydrogen-bond acceptors (Lipinski definition) is 3. The largest absolute Gasteiger partial charge is 0.330 e. The highest BCUT2D eigenvalue weighted by molar-refractivity contribution is 4.86. The van der Waals surface area contributed by atoms with Crippen molar-refractivity contribution in [3.8, 4) is 0 Å². The second-order valence-electron chi connectivity index (χ2n) is 4.80. The Hall–Kier alpha value is -0.120. The molecule has 1 heterocycles. The van der Waals surface area contributed by atoms with E-state index in [2.05, 4.69) is 30.6 Å². The summed E-state index contributed by atoms with van der Waals surface area (Å²) in [6.07, 6.45) is 3.73. The summed E-state index contributed by atoms with van der Waals surface area (Å²) in [7, 11) is 0. The molecule has 2 atom stereocenters. The molecule has 96 valence electrons. The molecule has 1 saturated heterocycles. The molecule has 0 aromatic carbocycles. The predicted octanol–water partition coefficient (Wildman–Crippen LogP) is 1.53. The van der Waals surface area contributed by atoms with Gasteiger partial charge in [0.1, 0.15) is 0 Å². The van der Waals surface area contributed by atoms with E-state index in [1.54, 1.807) is 0 Å². The molecular formula is C13H29N3. The first-order valence-corrected chi connectivity index (χ1v) is 6.94. The predicted molar refractivity (Wildman–Crippen MR) is 70.6 cm³/mol. The van der Waals surface area contributed by atoms with Gasteiger partial charge in [0.05, 0.1) is 0 Å². The van der Waals surface area contributed by atoms with Crippen molar-refractivity contribution in [2.75, 3.05) is 32.7 Å². The Labute approximate surface area is 101 Å². The zero-order valence-corrected chi connectivity index (χ0v) is 11.3. The van der Waals surface area contributed by atoms with Crippen LogP contribution in [0.5, 0.6) is 0 Å². The highest BCUT2D eigenvalue weighted by Crippen LogP contribution is 2.20. The Kier molecular flexibility index (Phi) is 6.32. The van der Waals surface area contributed by atoms with Gasteiger partial charge in [-0.1, -0.05) is 20.8 Å². The lowest BCUT2D eigenvalue weighted by Crippen LogP contribution is -2.40. The van der Waals surface area contributed by atoms with Crippen LogP contribution in [-0.4, -0.2) is 54.6 Å². The van der Waals surface area contributed by atoms with Gasteiger partial charge in [-0.3, -0.25) is 9.80 Å². The van der Waals surface area contributed by atoms with Crippen LogP contribution < -0.4 is 5.73 Å². The van der Waals surface area contributed by atoms with Gasteiger partial charge in [0.15, 0.2) is 0 Å². The van der Waals surface area contributed by atoms with Gasteiger partial charge in [-0.25, -0.2) is 0 Å². The van der Waals surface area contributed by atoms with Crippen LogP contribution in [0, 0.1) is 0 Å². The van der Waals surface area contributed by atoms with Crippen LogP contribution in [-0.2, 0) is 0 Å². The number of rotatable bonds is 7. The molecule has 0 amide bonds. The summed E-state index contributed by atoms with van der Waals surface area (Å²) in [5.74, 6) is 0. The minimum Gasteiger partial charge on any atom is -0.330 e. The van der Waals surface area contributed by atoms with Crippen LogP contribution in [0.1, 0.15) is 40.0 Å². The van der Waals surface area contributed by atoms with Crippen LogP contribution in [0.4, 0.5) is 0 Å². The van der Waals surface area contributed by atoms with E-state index in [1.165, 1.54) is 39.0 Å². The van der Waals surface area contributed by atoms with Gasteiger partial charge in [0, 0.05) is 25.2 Å². The first-order valence-electron chi connectivity index (χ1n) is 6.94. The van der Waals surface area contributed by atoms with Crippen LogP contribution in [0.15, 0.2) is 0 Å². The highest BCUT2D eigenvalue weighted by atomic mass is 15.3. The minimum absolute atomic E-state index is 0.713. The van der Waals surface area contributed by atoms with Crippen molar-refractivity contribution >= 4 is 0 Å². The van der Waals surface area contributed by atoms with Crippen molar-refractivity contribution in [2.24, 2.45) is 5.73 Å². The van der Waals surface area contributed by atoms with Crippen LogP contribution >= 0.6 is 0 Å². The third kappa shape index (κ3) is 3.44. The molecule has 1 aliphatic rings. The number of nitrogens with zero attached hydrogens (tertiary/aromatic N) is 2. The van der Waals surface area contributed by atoms with E-state index in [0.717, 1.165) is 19.0 Å². The lowest BCUT2D eigenvalue weighted by Gasteiger charge is -2.29. The number of nitrogens with two attached hydrogens (primary N) is 1. The topological polar surface area (TPSA) is 32.5 Å². The summed E-state index contributed by atoms with van der Waals surface area (Å²) in [6, 6.07) is 1.49. The molecule has 3 nitrogen and oxygen atoms in total. The van der Waals surface area contributed by atoms with E-state index in [1.807, 2.05) is 0 Å². The minimum atomic E-state index is 0.713. The average Bonchev–Trinajstić information content (AvgIpc) is 2.77. The molecule has 0 aromatic rings. The molecule has 0 aliphatic carbocycles. The Morgan fingerprint density at radius 3 is 2.50 bits per heavy atom. The van der Waals surface area contributed by atoms with Crippen molar-refractivity contribution in [2.45, 2.75) is 52.1 Å². The zero-order chi connectivity index (χ0) is 12.0. The Balaban J connectivity index is 2.43. The van der Waals surface area contributed by atoms with E-state index in [9.17, 15) is 0 Å². The lowest BCUT2D eigenvalue weighted by molar-refractivity contribution is 0.180. The maximum absolute atomic E-state index is 5.68. The summed E-state index contributed by atoms with van der Waals surface area (Å²) in [5, 5.41) is 0. The highest BCUT2D eigenvalue weighted by Gasteiger charge is 2.29. The Bertz CT molecular complexity index is 180.